The molecule has 0 aromatic carbocycles. The molecule has 5 unspecified atom stereocenters. The predicted molar refractivity (Wildman–Crippen MR) is 127 cm³/mol. The molecule has 2 aromatic heterocycles. The maximum absolute atomic E-state index is 12.4. The first kappa shape index (κ1) is 24.5. The Morgan fingerprint density at radius 3 is 2.91 bits per heavy atom. The number of H-pyrrole nitrogens is 1. The second-order valence-corrected chi connectivity index (χ2v) is 8.89. The zero-order valence-corrected chi connectivity index (χ0v) is 19.8. The van der Waals surface area contributed by atoms with Crippen LogP contribution in [0, 0.1) is 0 Å². The van der Waals surface area contributed by atoms with Gasteiger partial charge < -0.3 is 31.2 Å². The number of unbranched alkanes of at least 4 members (excludes halogenated alkanes) is 3. The minimum absolute atomic E-state index is 0.0687. The van der Waals surface area contributed by atoms with Crippen LogP contribution in [0.3, 0.4) is 0 Å². The number of ether oxygens (including phenoxy) is 1. The van der Waals surface area contributed by atoms with Crippen molar-refractivity contribution in [2.75, 3.05) is 24.6 Å². The van der Waals surface area contributed by atoms with Gasteiger partial charge in [0.15, 0.2) is 6.16 Å². The van der Waals surface area contributed by atoms with E-state index in [0.29, 0.717) is 25.3 Å². The molecule has 1 fully saturated rings. The van der Waals surface area contributed by atoms with Crippen LogP contribution in [0.25, 0.3) is 0 Å². The summed E-state index contributed by atoms with van der Waals surface area (Å²) in [6.45, 7) is 1.22. The van der Waals surface area contributed by atoms with Crippen molar-refractivity contribution in [3.63, 3.8) is 0 Å². The fourth-order valence-corrected chi connectivity index (χ4v) is 4.22. The summed E-state index contributed by atoms with van der Waals surface area (Å²) in [4.78, 5) is 35.2. The van der Waals surface area contributed by atoms with E-state index in [1.807, 2.05) is 0 Å². The van der Waals surface area contributed by atoms with Crippen LogP contribution >= 0.6 is 8.41 Å². The molecule has 1 saturated heterocycles. The van der Waals surface area contributed by atoms with Gasteiger partial charge in [-0.3, -0.25) is 9.36 Å². The van der Waals surface area contributed by atoms with Crippen LogP contribution in [0.15, 0.2) is 29.6 Å². The first-order chi connectivity index (χ1) is 16.8. The lowest BCUT2D eigenvalue weighted by Gasteiger charge is -2.14. The molecule has 0 radical (unpaired) electrons. The summed E-state index contributed by atoms with van der Waals surface area (Å²) >= 11 is 0. The highest BCUT2D eigenvalue weighted by Gasteiger charge is 2.37. The molecule has 5 atom stereocenters. The molecule has 1 aliphatic heterocycles. The molecule has 1 amide bonds. The molecule has 3 rings (SSSR count). The first-order valence-electron chi connectivity index (χ1n) is 11.9. The van der Waals surface area contributed by atoms with E-state index in [0.717, 1.165) is 31.4 Å². The van der Waals surface area contributed by atoms with Crippen LogP contribution in [0.1, 0.15) is 44.0 Å². The molecule has 13 heteroatoms. The Labute approximate surface area is 200 Å². The number of aliphatic hydroxyl groups is 1. The maximum atomic E-state index is 12.4. The number of aromatic amines is 1. The van der Waals surface area contributed by atoms with Crippen LogP contribution in [-0.2, 0) is 20.5 Å². The Balaban J connectivity index is 1.28. The molecular formula is C21H33N7O5P+. The number of hydrogen-bond donors (Lipinski definition) is 5. The summed E-state index contributed by atoms with van der Waals surface area (Å²) in [7, 11) is -2.19. The number of hydrogen-bond acceptors (Lipinski definition) is 9. The van der Waals surface area contributed by atoms with E-state index in [9.17, 15) is 19.3 Å². The van der Waals surface area contributed by atoms with E-state index in [-0.39, 0.29) is 18.5 Å². The van der Waals surface area contributed by atoms with E-state index >= 15 is 0 Å². The average molecular weight is 497 g/mol. The van der Waals surface area contributed by atoms with Crippen LogP contribution in [-0.4, -0.2) is 69.3 Å². The van der Waals surface area contributed by atoms with Crippen LogP contribution in [0.5, 0.6) is 0 Å². The highest BCUT2D eigenvalue weighted by molar-refractivity contribution is 7.23. The summed E-state index contributed by atoms with van der Waals surface area (Å²) in [5, 5.41) is 16.0. The standard InChI is InChI=1S/C21H32N7O5P/c22-15(9-14-11-23-13-26-14)20(30)25-7-4-2-1-3-6-24-18-5-8-28(21(31)27-18)19-10-16(29)17(33-19)12-34-32/h5,8,11,13,15-17,19,29H,1-4,6-7,9-10,12,22H2,(H,23,26)(H,25,30)(H,24,27,31)/p+1/i/hT. The number of anilines is 1. The van der Waals surface area contributed by atoms with Gasteiger partial charge in [0, 0.05) is 44.0 Å². The second-order valence-electron chi connectivity index (χ2n) is 8.27. The first-order valence-corrected chi connectivity index (χ1v) is 12.4. The lowest BCUT2D eigenvalue weighted by Crippen LogP contribution is -2.42. The second kappa shape index (κ2) is 13.3. The Bertz CT molecular complexity index is 1020. The van der Waals surface area contributed by atoms with Crippen molar-refractivity contribution in [3.05, 3.63) is 41.0 Å². The third kappa shape index (κ3) is 7.69. The number of rotatable bonds is 14. The zero-order chi connectivity index (χ0) is 25.2. The highest BCUT2D eigenvalue weighted by atomic mass is 31.1. The topological polar surface area (TPSA) is 177 Å². The molecule has 34 heavy (non-hydrogen) atoms. The van der Waals surface area contributed by atoms with Gasteiger partial charge in [0.05, 0.1) is 18.5 Å². The predicted octanol–water partition coefficient (Wildman–Crippen LogP) is 0.297. The number of imidazole rings is 1. The van der Waals surface area contributed by atoms with Gasteiger partial charge in [0.25, 0.3) is 0 Å². The van der Waals surface area contributed by atoms with Crippen molar-refractivity contribution in [2.24, 2.45) is 5.73 Å². The number of nitrogens with zero attached hydrogens (tertiary/aromatic N) is 3. The van der Waals surface area contributed by atoms with Crippen LogP contribution < -0.4 is 22.1 Å². The van der Waals surface area contributed by atoms with Gasteiger partial charge in [-0.05, 0) is 18.9 Å². The summed E-state index contributed by atoms with van der Waals surface area (Å²) in [5.41, 5.74) is 6.21. The van der Waals surface area contributed by atoms with Gasteiger partial charge >= 0.3 is 15.4 Å². The molecule has 186 valence electrons. The number of aliphatic hydroxyl groups excluding tert-OH is 1. The van der Waals surface area contributed by atoms with E-state index in [1.165, 1.54) is 4.57 Å². The summed E-state index contributed by atoms with van der Waals surface area (Å²) in [5.74, 6) is 0.274. The fraction of sp³-hybridized carbons (Fsp3) is 0.619. The van der Waals surface area contributed by atoms with E-state index in [4.69, 9.17) is 11.7 Å². The molecule has 0 saturated carbocycles. The van der Waals surface area contributed by atoms with Crippen molar-refractivity contribution < 1.29 is 19.2 Å². The highest BCUT2D eigenvalue weighted by Crippen LogP contribution is 2.29. The van der Waals surface area contributed by atoms with Crippen molar-refractivity contribution in [2.45, 2.75) is 63.0 Å². The van der Waals surface area contributed by atoms with Crippen molar-refractivity contribution in [1.82, 2.24) is 24.8 Å². The Morgan fingerprint density at radius 2 is 2.21 bits per heavy atom. The molecule has 3 heterocycles. The van der Waals surface area contributed by atoms with Gasteiger partial charge in [-0.2, -0.15) is 4.98 Å². The minimum atomic E-state index is -2.19. The molecule has 6 N–H and O–H groups in total. The molecule has 1 aliphatic rings. The zero-order valence-electron chi connectivity index (χ0n) is 19.9. The lowest BCUT2D eigenvalue weighted by molar-refractivity contribution is -0.122. The number of carbonyl (C=O) groups excluding carboxylic acids is 1. The lowest BCUT2D eigenvalue weighted by atomic mass is 10.1. The van der Waals surface area contributed by atoms with Gasteiger partial charge in [0.2, 0.25) is 5.91 Å². The molecule has 0 bridgehead atoms. The van der Waals surface area contributed by atoms with Gasteiger partial charge in [-0.25, -0.2) is 9.78 Å². The van der Waals surface area contributed by atoms with Gasteiger partial charge in [0.1, 0.15) is 18.1 Å². The van der Waals surface area contributed by atoms with Crippen LogP contribution in [0.2, 0.25) is 0 Å². The van der Waals surface area contributed by atoms with Crippen molar-refractivity contribution in [3.8, 4) is 0 Å². The molecule has 0 spiro atoms. The number of nitrogens with one attached hydrogen (secondary N) is 3. The SMILES string of the molecule is [3H][P+](=O)CC1OC(n2ccc(NCCCCCCNC(=O)C(N)Cc3cnc[nH]3)nc2=O)CC1O. The quantitative estimate of drug-likeness (QED) is 0.182. The number of amides is 1. The van der Waals surface area contributed by atoms with Gasteiger partial charge in [-0.1, -0.05) is 17.4 Å². The Hall–Kier alpha value is -2.66. The van der Waals surface area contributed by atoms with E-state index in [2.05, 4.69) is 25.6 Å². The molecular weight excluding hydrogens is 461 g/mol. The molecule has 2 aromatic rings. The van der Waals surface area contributed by atoms with Gasteiger partial charge in [-0.15, -0.1) is 0 Å². The average Bonchev–Trinajstić information content (AvgIpc) is 3.44. The Kier molecular flexibility index (Phi) is 9.56. The largest absolute Gasteiger partial charge is 0.390 e. The Morgan fingerprint density at radius 1 is 1.41 bits per heavy atom. The molecule has 12 nitrogen and oxygen atoms in total. The third-order valence-electron chi connectivity index (χ3n) is 5.64. The number of nitrogens with two attached hydrogens (primary N) is 1. The third-order valence-corrected chi connectivity index (χ3v) is 6.15. The van der Waals surface area contributed by atoms with E-state index in [1.54, 1.807) is 24.8 Å². The monoisotopic (exact) mass is 496 g/mol. The number of carbonyl (C=O) groups is 1. The van der Waals surface area contributed by atoms with Crippen molar-refractivity contribution >= 4 is 20.1 Å². The summed E-state index contributed by atoms with van der Waals surface area (Å²) in [6, 6.07) is 1.06. The fourth-order valence-electron chi connectivity index (χ4n) is 3.74. The summed E-state index contributed by atoms with van der Waals surface area (Å²) < 4.78 is 25.2. The minimum Gasteiger partial charge on any atom is -0.390 e. The van der Waals surface area contributed by atoms with Crippen LogP contribution in [0.4, 0.5) is 5.82 Å². The number of aromatic nitrogens is 4. The normalized spacial score (nSPS) is 21.6. The maximum Gasteiger partial charge on any atom is 0.388 e. The van der Waals surface area contributed by atoms with Crippen molar-refractivity contribution in [1.29, 1.82) is 1.28 Å². The van der Waals surface area contributed by atoms with E-state index < -0.39 is 38.6 Å². The molecule has 0 aliphatic carbocycles. The summed E-state index contributed by atoms with van der Waals surface area (Å²) in [6.07, 6.45) is 6.62. The smallest absolute Gasteiger partial charge is 0.388 e.